The molecule has 0 aromatic carbocycles. The van der Waals surface area contributed by atoms with Gasteiger partial charge in [0.2, 0.25) is 11.8 Å². The third-order valence-electron chi connectivity index (χ3n) is 4.44. The summed E-state index contributed by atoms with van der Waals surface area (Å²) in [4.78, 5) is 25.4. The molecule has 108 valence electrons. The van der Waals surface area contributed by atoms with E-state index in [0.717, 1.165) is 45.2 Å². The molecule has 0 spiro atoms. The summed E-state index contributed by atoms with van der Waals surface area (Å²) in [5.74, 6) is 1.06. The van der Waals surface area contributed by atoms with Crippen molar-refractivity contribution < 1.29 is 9.59 Å². The van der Waals surface area contributed by atoms with Crippen molar-refractivity contribution in [3.8, 4) is 0 Å². The second-order valence-electron chi connectivity index (χ2n) is 5.92. The van der Waals surface area contributed by atoms with E-state index in [9.17, 15) is 9.59 Å². The van der Waals surface area contributed by atoms with E-state index in [0.29, 0.717) is 12.5 Å². The SMILES string of the molecule is CC(=O)NC1CCN(C(=O)C2CCC(CN)CC2)C1. The number of nitrogens with two attached hydrogens (primary N) is 1. The van der Waals surface area contributed by atoms with Crippen LogP contribution < -0.4 is 11.1 Å². The highest BCUT2D eigenvalue weighted by Crippen LogP contribution is 2.30. The van der Waals surface area contributed by atoms with Crippen LogP contribution in [0.25, 0.3) is 0 Å². The summed E-state index contributed by atoms with van der Waals surface area (Å²) >= 11 is 0. The van der Waals surface area contributed by atoms with Gasteiger partial charge < -0.3 is 16.0 Å². The lowest BCUT2D eigenvalue weighted by molar-refractivity contribution is -0.136. The van der Waals surface area contributed by atoms with E-state index in [1.807, 2.05) is 4.90 Å². The quantitative estimate of drug-likeness (QED) is 0.781. The topological polar surface area (TPSA) is 75.4 Å². The Balaban J connectivity index is 1.80. The van der Waals surface area contributed by atoms with Crippen LogP contribution in [-0.4, -0.2) is 42.4 Å². The number of hydrogen-bond donors (Lipinski definition) is 2. The van der Waals surface area contributed by atoms with E-state index >= 15 is 0 Å². The number of carbonyl (C=O) groups is 2. The maximum atomic E-state index is 12.4. The highest BCUT2D eigenvalue weighted by molar-refractivity contribution is 5.79. The van der Waals surface area contributed by atoms with Gasteiger partial charge in [-0.1, -0.05) is 0 Å². The molecule has 3 N–H and O–H groups in total. The number of rotatable bonds is 3. The molecule has 2 fully saturated rings. The van der Waals surface area contributed by atoms with Crippen LogP contribution in [0.5, 0.6) is 0 Å². The van der Waals surface area contributed by atoms with Gasteiger partial charge >= 0.3 is 0 Å². The van der Waals surface area contributed by atoms with Gasteiger partial charge in [0.05, 0.1) is 0 Å². The van der Waals surface area contributed by atoms with Gasteiger partial charge in [0, 0.05) is 32.0 Å². The molecule has 0 bridgehead atoms. The Morgan fingerprint density at radius 3 is 2.47 bits per heavy atom. The molecule has 1 saturated carbocycles. The fourth-order valence-corrected chi connectivity index (χ4v) is 3.27. The number of hydrogen-bond acceptors (Lipinski definition) is 3. The molecule has 1 heterocycles. The summed E-state index contributed by atoms with van der Waals surface area (Å²) in [5.41, 5.74) is 5.68. The predicted molar refractivity (Wildman–Crippen MR) is 73.3 cm³/mol. The third-order valence-corrected chi connectivity index (χ3v) is 4.44. The number of likely N-dealkylation sites (tertiary alicyclic amines) is 1. The molecule has 0 radical (unpaired) electrons. The van der Waals surface area contributed by atoms with E-state index < -0.39 is 0 Å². The van der Waals surface area contributed by atoms with Crippen LogP contribution in [0.4, 0.5) is 0 Å². The van der Waals surface area contributed by atoms with Crippen molar-refractivity contribution in [2.24, 2.45) is 17.6 Å². The van der Waals surface area contributed by atoms with Crippen LogP contribution in [-0.2, 0) is 9.59 Å². The minimum atomic E-state index is -0.0113. The van der Waals surface area contributed by atoms with E-state index in [1.165, 1.54) is 6.92 Å². The Morgan fingerprint density at radius 1 is 1.21 bits per heavy atom. The molecule has 5 nitrogen and oxygen atoms in total. The first kappa shape index (κ1) is 14.3. The highest BCUT2D eigenvalue weighted by atomic mass is 16.2. The van der Waals surface area contributed by atoms with Crippen LogP contribution in [0.15, 0.2) is 0 Å². The van der Waals surface area contributed by atoms with Crippen LogP contribution >= 0.6 is 0 Å². The van der Waals surface area contributed by atoms with Gasteiger partial charge in [-0.3, -0.25) is 9.59 Å². The second kappa shape index (κ2) is 6.37. The van der Waals surface area contributed by atoms with Crippen LogP contribution in [0.1, 0.15) is 39.0 Å². The zero-order valence-electron chi connectivity index (χ0n) is 11.7. The standard InChI is InChI=1S/C14H25N3O2/c1-10(18)16-13-6-7-17(9-13)14(19)12-4-2-11(8-15)3-5-12/h11-13H,2-9,15H2,1H3,(H,16,18). The van der Waals surface area contributed by atoms with Crippen LogP contribution in [0.2, 0.25) is 0 Å². The van der Waals surface area contributed by atoms with Crippen LogP contribution in [0, 0.1) is 11.8 Å². The lowest BCUT2D eigenvalue weighted by Gasteiger charge is -2.30. The lowest BCUT2D eigenvalue weighted by Crippen LogP contribution is -2.40. The summed E-state index contributed by atoms with van der Waals surface area (Å²) in [7, 11) is 0. The molecule has 1 aliphatic carbocycles. The Bertz CT molecular complexity index is 338. The number of amides is 2. The van der Waals surface area contributed by atoms with Gasteiger partial charge in [-0.15, -0.1) is 0 Å². The Hall–Kier alpha value is -1.10. The van der Waals surface area contributed by atoms with Crippen molar-refractivity contribution in [2.75, 3.05) is 19.6 Å². The van der Waals surface area contributed by atoms with Gasteiger partial charge in [-0.05, 0) is 44.6 Å². The van der Waals surface area contributed by atoms with E-state index in [1.54, 1.807) is 0 Å². The normalized spacial score (nSPS) is 31.3. The molecule has 5 heteroatoms. The molecule has 2 amide bonds. The van der Waals surface area contributed by atoms with Crippen LogP contribution in [0.3, 0.4) is 0 Å². The predicted octanol–water partition coefficient (Wildman–Crippen LogP) is 0.489. The second-order valence-corrected chi connectivity index (χ2v) is 5.92. The molecule has 0 aromatic rings. The summed E-state index contributed by atoms with van der Waals surface area (Å²) in [6.45, 7) is 3.73. The maximum Gasteiger partial charge on any atom is 0.225 e. The van der Waals surface area contributed by atoms with Gasteiger partial charge in [0.25, 0.3) is 0 Å². The summed E-state index contributed by atoms with van der Waals surface area (Å²) in [6, 6.07) is 0.141. The molecule has 1 unspecified atom stereocenters. The lowest BCUT2D eigenvalue weighted by atomic mass is 9.81. The monoisotopic (exact) mass is 267 g/mol. The fraction of sp³-hybridized carbons (Fsp3) is 0.857. The van der Waals surface area contributed by atoms with Crippen molar-refractivity contribution >= 4 is 11.8 Å². The first-order valence-electron chi connectivity index (χ1n) is 7.36. The van der Waals surface area contributed by atoms with Gasteiger partial charge in [-0.2, -0.15) is 0 Å². The summed E-state index contributed by atoms with van der Waals surface area (Å²) in [6.07, 6.45) is 4.99. The summed E-state index contributed by atoms with van der Waals surface area (Å²) < 4.78 is 0. The Kier molecular flexibility index (Phi) is 4.80. The van der Waals surface area contributed by atoms with E-state index in [2.05, 4.69) is 5.32 Å². The van der Waals surface area contributed by atoms with Gasteiger partial charge in [0.15, 0.2) is 0 Å². The fourth-order valence-electron chi connectivity index (χ4n) is 3.27. The van der Waals surface area contributed by atoms with Crippen molar-refractivity contribution in [2.45, 2.75) is 45.1 Å². The molecule has 2 aliphatic rings. The van der Waals surface area contributed by atoms with Crippen molar-refractivity contribution in [3.05, 3.63) is 0 Å². The number of nitrogens with one attached hydrogen (secondary N) is 1. The molecule has 1 aliphatic heterocycles. The van der Waals surface area contributed by atoms with Gasteiger partial charge in [0.1, 0.15) is 0 Å². The highest BCUT2D eigenvalue weighted by Gasteiger charge is 2.33. The first-order valence-corrected chi connectivity index (χ1v) is 7.36. The average Bonchev–Trinajstić information content (AvgIpc) is 2.85. The molecule has 2 rings (SSSR count). The molecule has 1 saturated heterocycles. The molecule has 19 heavy (non-hydrogen) atoms. The zero-order valence-corrected chi connectivity index (χ0v) is 11.7. The number of nitrogens with zero attached hydrogens (tertiary/aromatic N) is 1. The van der Waals surface area contributed by atoms with Gasteiger partial charge in [-0.25, -0.2) is 0 Å². The molecule has 0 aromatic heterocycles. The maximum absolute atomic E-state index is 12.4. The molecular formula is C14H25N3O2. The smallest absolute Gasteiger partial charge is 0.225 e. The number of carbonyl (C=O) groups excluding carboxylic acids is 2. The van der Waals surface area contributed by atoms with Crippen molar-refractivity contribution in [1.82, 2.24) is 10.2 Å². The van der Waals surface area contributed by atoms with Crippen molar-refractivity contribution in [3.63, 3.8) is 0 Å². The zero-order chi connectivity index (χ0) is 13.8. The van der Waals surface area contributed by atoms with Crippen molar-refractivity contribution in [1.29, 1.82) is 0 Å². The third kappa shape index (κ3) is 3.69. The molecule has 1 atom stereocenters. The van der Waals surface area contributed by atoms with E-state index in [-0.39, 0.29) is 23.8 Å². The first-order chi connectivity index (χ1) is 9.10. The average molecular weight is 267 g/mol. The summed E-state index contributed by atoms with van der Waals surface area (Å²) in [5, 5.41) is 2.90. The largest absolute Gasteiger partial charge is 0.352 e. The molecular weight excluding hydrogens is 242 g/mol. The Labute approximate surface area is 114 Å². The minimum absolute atomic E-state index is 0.0113. The van der Waals surface area contributed by atoms with E-state index in [4.69, 9.17) is 5.73 Å². The minimum Gasteiger partial charge on any atom is -0.352 e. The Morgan fingerprint density at radius 2 is 1.89 bits per heavy atom.